The fraction of sp³-hybridized carbons (Fsp3) is 0.267. The number of furan rings is 1. The van der Waals surface area contributed by atoms with Gasteiger partial charge in [0.15, 0.2) is 0 Å². The summed E-state index contributed by atoms with van der Waals surface area (Å²) in [5.41, 5.74) is 2.83. The van der Waals surface area contributed by atoms with Gasteiger partial charge in [-0.25, -0.2) is 0 Å². The number of carbonyl (C=O) groups excluding carboxylic acids is 1. The Morgan fingerprint density at radius 3 is 2.95 bits per heavy atom. The van der Waals surface area contributed by atoms with Gasteiger partial charge in [0.05, 0.1) is 6.42 Å². The van der Waals surface area contributed by atoms with Gasteiger partial charge >= 0.3 is 0 Å². The number of halogens is 1. The van der Waals surface area contributed by atoms with Crippen LogP contribution in [0.1, 0.15) is 34.9 Å². The van der Waals surface area contributed by atoms with Gasteiger partial charge in [-0.05, 0) is 29.3 Å². The third kappa shape index (κ3) is 2.26. The zero-order chi connectivity index (χ0) is 13.4. The lowest BCUT2D eigenvalue weighted by Gasteiger charge is -2.09. The van der Waals surface area contributed by atoms with Crippen LogP contribution in [0.15, 0.2) is 34.7 Å². The molecular weight excluding hydrogens is 262 g/mol. The zero-order valence-corrected chi connectivity index (χ0v) is 11.3. The largest absolute Gasteiger partial charge is 0.464 e. The van der Waals surface area contributed by atoms with Crippen molar-refractivity contribution in [1.82, 2.24) is 0 Å². The predicted molar refractivity (Wildman–Crippen MR) is 74.6 cm³/mol. The zero-order valence-electron chi connectivity index (χ0n) is 10.6. The van der Waals surface area contributed by atoms with Crippen molar-refractivity contribution in [1.29, 1.82) is 0 Å². The van der Waals surface area contributed by atoms with E-state index in [2.05, 4.69) is 5.32 Å². The summed E-state index contributed by atoms with van der Waals surface area (Å²) in [6.45, 7) is 2.04. The number of benzene rings is 1. The summed E-state index contributed by atoms with van der Waals surface area (Å²) >= 11 is 6.44. The Kier molecular flexibility index (Phi) is 3.07. The number of fused-ring (bicyclic) bond motifs is 1. The van der Waals surface area contributed by atoms with Crippen LogP contribution in [0.2, 0.25) is 0 Å². The predicted octanol–water partition coefficient (Wildman–Crippen LogP) is 3.66. The second-order valence-corrected chi connectivity index (χ2v) is 5.10. The summed E-state index contributed by atoms with van der Waals surface area (Å²) < 4.78 is 5.67. The first-order valence-electron chi connectivity index (χ1n) is 6.32. The lowest BCUT2D eigenvalue weighted by Crippen LogP contribution is -2.03. The van der Waals surface area contributed by atoms with Gasteiger partial charge < -0.3 is 9.73 Å². The molecule has 98 valence electrons. The van der Waals surface area contributed by atoms with Crippen LogP contribution in [0.25, 0.3) is 0 Å². The molecule has 4 heteroatoms. The maximum atomic E-state index is 11.3. The Morgan fingerprint density at radius 1 is 1.37 bits per heavy atom. The van der Waals surface area contributed by atoms with Crippen molar-refractivity contribution in [2.45, 2.75) is 25.1 Å². The van der Waals surface area contributed by atoms with E-state index in [4.69, 9.17) is 16.0 Å². The second-order valence-electron chi connectivity index (χ2n) is 4.66. The van der Waals surface area contributed by atoms with E-state index in [0.717, 1.165) is 34.8 Å². The number of nitrogens with one attached hydrogen (secondary N) is 1. The third-order valence-electron chi connectivity index (χ3n) is 3.33. The Labute approximate surface area is 116 Å². The number of carbonyl (C=O) groups is 1. The van der Waals surface area contributed by atoms with Crippen LogP contribution < -0.4 is 5.32 Å². The third-order valence-corrected chi connectivity index (χ3v) is 3.79. The Balaban J connectivity index is 1.90. The number of hydrogen-bond donors (Lipinski definition) is 1. The molecule has 0 saturated carbocycles. The normalized spacial score (nSPS) is 15.2. The lowest BCUT2D eigenvalue weighted by atomic mass is 10.0. The molecule has 2 aromatic rings. The number of amides is 1. The molecule has 2 heterocycles. The van der Waals surface area contributed by atoms with Crippen LogP contribution in [0.4, 0.5) is 5.69 Å². The summed E-state index contributed by atoms with van der Waals surface area (Å²) in [7, 11) is 0. The van der Waals surface area contributed by atoms with Crippen molar-refractivity contribution in [3.05, 3.63) is 53.0 Å². The molecule has 1 atom stereocenters. The van der Waals surface area contributed by atoms with Crippen LogP contribution in [0, 0.1) is 0 Å². The van der Waals surface area contributed by atoms with Crippen molar-refractivity contribution in [2.24, 2.45) is 0 Å². The van der Waals surface area contributed by atoms with Crippen molar-refractivity contribution in [3.63, 3.8) is 0 Å². The first-order valence-corrected chi connectivity index (χ1v) is 6.76. The van der Waals surface area contributed by atoms with Gasteiger partial charge in [-0.15, -0.1) is 11.6 Å². The maximum absolute atomic E-state index is 11.3. The number of hydrogen-bond acceptors (Lipinski definition) is 2. The number of alkyl halides is 1. The molecule has 1 amide bonds. The van der Waals surface area contributed by atoms with Gasteiger partial charge in [0, 0.05) is 12.1 Å². The van der Waals surface area contributed by atoms with Crippen LogP contribution in [0.5, 0.6) is 0 Å². The lowest BCUT2D eigenvalue weighted by molar-refractivity contribution is -0.115. The minimum absolute atomic E-state index is 0.0320. The Bertz CT molecular complexity index is 633. The highest BCUT2D eigenvalue weighted by Crippen LogP contribution is 2.33. The standard InChI is InChI=1S/C15H14ClNO2/c1-2-11-4-6-13(19-11)15(16)9-3-5-12-10(7-9)8-14(18)17-12/h3-7,15H,2,8H2,1H3,(H,17,18). The molecule has 1 aromatic carbocycles. The highest BCUT2D eigenvalue weighted by molar-refractivity contribution is 6.22. The smallest absolute Gasteiger partial charge is 0.228 e. The first-order chi connectivity index (χ1) is 9.17. The average molecular weight is 276 g/mol. The van der Waals surface area contributed by atoms with Crippen LogP contribution >= 0.6 is 11.6 Å². The maximum Gasteiger partial charge on any atom is 0.228 e. The molecule has 0 fully saturated rings. The van der Waals surface area contributed by atoms with Crippen molar-refractivity contribution in [3.8, 4) is 0 Å². The molecule has 3 nitrogen and oxygen atoms in total. The van der Waals surface area contributed by atoms with Crippen molar-refractivity contribution >= 4 is 23.2 Å². The molecule has 0 saturated heterocycles. The second kappa shape index (κ2) is 4.74. The molecule has 0 bridgehead atoms. The van der Waals surface area contributed by atoms with E-state index in [1.807, 2.05) is 37.3 Å². The van der Waals surface area contributed by atoms with E-state index in [9.17, 15) is 4.79 Å². The molecular formula is C15H14ClNO2. The van der Waals surface area contributed by atoms with E-state index >= 15 is 0 Å². The van der Waals surface area contributed by atoms with Gasteiger partial charge in [-0.2, -0.15) is 0 Å². The first kappa shape index (κ1) is 12.3. The van der Waals surface area contributed by atoms with Gasteiger partial charge in [0.2, 0.25) is 5.91 Å². The molecule has 1 N–H and O–H groups in total. The average Bonchev–Trinajstić information content (AvgIpc) is 3.01. The van der Waals surface area contributed by atoms with E-state index in [-0.39, 0.29) is 11.3 Å². The molecule has 1 aliphatic heterocycles. The molecule has 19 heavy (non-hydrogen) atoms. The molecule has 3 rings (SSSR count). The molecule has 0 aliphatic carbocycles. The van der Waals surface area contributed by atoms with E-state index in [1.165, 1.54) is 0 Å². The van der Waals surface area contributed by atoms with Gasteiger partial charge in [-0.1, -0.05) is 19.1 Å². The van der Waals surface area contributed by atoms with Crippen molar-refractivity contribution in [2.75, 3.05) is 5.32 Å². The summed E-state index contributed by atoms with van der Waals surface area (Å²) in [5, 5.41) is 2.49. The molecule has 1 unspecified atom stereocenters. The number of anilines is 1. The van der Waals surface area contributed by atoms with E-state index in [0.29, 0.717) is 6.42 Å². The minimum Gasteiger partial charge on any atom is -0.464 e. The number of rotatable bonds is 3. The molecule has 1 aromatic heterocycles. The topological polar surface area (TPSA) is 42.2 Å². The quantitative estimate of drug-likeness (QED) is 0.869. The van der Waals surface area contributed by atoms with Gasteiger partial charge in [0.25, 0.3) is 0 Å². The van der Waals surface area contributed by atoms with Crippen LogP contribution in [0.3, 0.4) is 0 Å². The van der Waals surface area contributed by atoms with Crippen LogP contribution in [-0.4, -0.2) is 5.91 Å². The Morgan fingerprint density at radius 2 is 2.21 bits per heavy atom. The molecule has 0 spiro atoms. The summed E-state index contributed by atoms with van der Waals surface area (Å²) in [6.07, 6.45) is 1.28. The fourth-order valence-electron chi connectivity index (χ4n) is 2.29. The highest BCUT2D eigenvalue weighted by atomic mass is 35.5. The number of aryl methyl sites for hydroxylation is 1. The van der Waals surface area contributed by atoms with Gasteiger partial charge in [0.1, 0.15) is 16.9 Å². The molecule has 0 radical (unpaired) electrons. The summed E-state index contributed by atoms with van der Waals surface area (Å²) in [6, 6.07) is 9.65. The minimum atomic E-state index is -0.318. The SMILES string of the molecule is CCc1ccc(C(Cl)c2ccc3c(c2)CC(=O)N3)o1. The Hall–Kier alpha value is -1.74. The fourth-order valence-corrected chi connectivity index (χ4v) is 2.54. The monoisotopic (exact) mass is 275 g/mol. The van der Waals surface area contributed by atoms with Crippen molar-refractivity contribution < 1.29 is 9.21 Å². The summed E-state index contributed by atoms with van der Waals surface area (Å²) in [5.74, 6) is 1.71. The van der Waals surface area contributed by atoms with Crippen LogP contribution in [-0.2, 0) is 17.6 Å². The summed E-state index contributed by atoms with van der Waals surface area (Å²) in [4.78, 5) is 11.3. The highest BCUT2D eigenvalue weighted by Gasteiger charge is 2.21. The van der Waals surface area contributed by atoms with Gasteiger partial charge in [-0.3, -0.25) is 4.79 Å². The molecule has 1 aliphatic rings. The van der Waals surface area contributed by atoms with E-state index in [1.54, 1.807) is 0 Å². The van der Waals surface area contributed by atoms with E-state index < -0.39 is 0 Å².